The van der Waals surface area contributed by atoms with Crippen LogP contribution < -0.4 is 0 Å². The Morgan fingerprint density at radius 2 is 1.59 bits per heavy atom. The summed E-state index contributed by atoms with van der Waals surface area (Å²) in [6.45, 7) is 8.54. The van der Waals surface area contributed by atoms with Gasteiger partial charge in [0.25, 0.3) is 0 Å². The largest absolute Gasteiger partial charge is 0.390 e. The van der Waals surface area contributed by atoms with E-state index >= 15 is 0 Å². The third-order valence-corrected chi connectivity index (χ3v) is 3.54. The molecule has 1 heteroatoms. The number of aryl methyl sites for hydroxylation is 2. The Morgan fingerprint density at radius 3 is 2.06 bits per heavy atom. The van der Waals surface area contributed by atoms with Crippen LogP contribution >= 0.6 is 0 Å². The highest BCUT2D eigenvalue weighted by Gasteiger charge is 2.25. The van der Waals surface area contributed by atoms with Crippen LogP contribution in [0.5, 0.6) is 0 Å². The second-order valence-corrected chi connectivity index (χ2v) is 5.32. The van der Waals surface area contributed by atoms with Gasteiger partial charge in [0, 0.05) is 6.42 Å². The van der Waals surface area contributed by atoms with Crippen LogP contribution in [0.1, 0.15) is 56.2 Å². The van der Waals surface area contributed by atoms with Crippen molar-refractivity contribution in [3.63, 3.8) is 0 Å². The highest BCUT2D eigenvalue weighted by molar-refractivity contribution is 5.30. The second kappa shape index (κ2) is 6.20. The molecule has 0 radical (unpaired) electrons. The monoisotopic (exact) mass is 234 g/mol. The number of benzene rings is 1. The SMILES string of the molecule is CCCC(O)(CCC)Cc1ccc(C)c(C)c1. The molecule has 0 aliphatic heterocycles. The third kappa shape index (κ3) is 4.16. The molecule has 0 heterocycles. The summed E-state index contributed by atoms with van der Waals surface area (Å²) in [6, 6.07) is 6.52. The van der Waals surface area contributed by atoms with Crippen LogP contribution in [-0.4, -0.2) is 10.7 Å². The van der Waals surface area contributed by atoms with Crippen molar-refractivity contribution in [3.05, 3.63) is 34.9 Å². The average Bonchev–Trinajstić information content (AvgIpc) is 2.24. The van der Waals surface area contributed by atoms with Gasteiger partial charge in [0.2, 0.25) is 0 Å². The number of aliphatic hydroxyl groups is 1. The fourth-order valence-electron chi connectivity index (χ4n) is 2.53. The van der Waals surface area contributed by atoms with E-state index in [1.54, 1.807) is 0 Å². The van der Waals surface area contributed by atoms with Gasteiger partial charge in [-0.2, -0.15) is 0 Å². The van der Waals surface area contributed by atoms with Gasteiger partial charge in [0.1, 0.15) is 0 Å². The minimum Gasteiger partial charge on any atom is -0.390 e. The second-order valence-electron chi connectivity index (χ2n) is 5.32. The summed E-state index contributed by atoms with van der Waals surface area (Å²) in [4.78, 5) is 0. The summed E-state index contributed by atoms with van der Waals surface area (Å²) in [5.41, 5.74) is 3.39. The van der Waals surface area contributed by atoms with Gasteiger partial charge >= 0.3 is 0 Å². The zero-order valence-electron chi connectivity index (χ0n) is 11.7. The molecule has 1 aromatic rings. The maximum absolute atomic E-state index is 10.6. The quantitative estimate of drug-likeness (QED) is 0.783. The fourth-order valence-corrected chi connectivity index (χ4v) is 2.53. The van der Waals surface area contributed by atoms with E-state index in [-0.39, 0.29) is 0 Å². The van der Waals surface area contributed by atoms with Crippen molar-refractivity contribution in [2.45, 2.75) is 65.4 Å². The van der Waals surface area contributed by atoms with Gasteiger partial charge in [-0.25, -0.2) is 0 Å². The normalized spacial score (nSPS) is 11.8. The lowest BCUT2D eigenvalue weighted by atomic mass is 9.85. The summed E-state index contributed by atoms with van der Waals surface area (Å²) in [5.74, 6) is 0. The molecule has 0 saturated carbocycles. The van der Waals surface area contributed by atoms with Crippen LogP contribution in [0.2, 0.25) is 0 Å². The molecule has 0 unspecified atom stereocenters. The molecular formula is C16H26O. The lowest BCUT2D eigenvalue weighted by Gasteiger charge is -2.28. The van der Waals surface area contributed by atoms with Crippen LogP contribution in [-0.2, 0) is 6.42 Å². The molecule has 17 heavy (non-hydrogen) atoms. The Bertz CT molecular complexity index is 349. The number of hydrogen-bond donors (Lipinski definition) is 1. The molecule has 1 rings (SSSR count). The molecule has 0 aromatic heterocycles. The van der Waals surface area contributed by atoms with Crippen LogP contribution in [0.3, 0.4) is 0 Å². The highest BCUT2D eigenvalue weighted by atomic mass is 16.3. The van der Waals surface area contributed by atoms with E-state index in [2.05, 4.69) is 45.9 Å². The van der Waals surface area contributed by atoms with Crippen molar-refractivity contribution in [1.82, 2.24) is 0 Å². The predicted molar refractivity (Wildman–Crippen MR) is 74.4 cm³/mol. The molecule has 0 atom stereocenters. The molecule has 0 aliphatic carbocycles. The Balaban J connectivity index is 2.81. The molecule has 0 amide bonds. The lowest BCUT2D eigenvalue weighted by Crippen LogP contribution is -2.31. The van der Waals surface area contributed by atoms with Crippen molar-refractivity contribution in [2.75, 3.05) is 0 Å². The van der Waals surface area contributed by atoms with Gasteiger partial charge in [0.15, 0.2) is 0 Å². The summed E-state index contributed by atoms with van der Waals surface area (Å²) in [6.07, 6.45) is 4.67. The molecular weight excluding hydrogens is 208 g/mol. The lowest BCUT2D eigenvalue weighted by molar-refractivity contribution is 0.0216. The van der Waals surface area contributed by atoms with Crippen molar-refractivity contribution < 1.29 is 5.11 Å². The van der Waals surface area contributed by atoms with Gasteiger partial charge in [-0.3, -0.25) is 0 Å². The smallest absolute Gasteiger partial charge is 0.0687 e. The van der Waals surface area contributed by atoms with Crippen LogP contribution in [0.25, 0.3) is 0 Å². The molecule has 0 saturated heterocycles. The first kappa shape index (κ1) is 14.2. The number of hydrogen-bond acceptors (Lipinski definition) is 1. The van der Waals surface area contributed by atoms with E-state index < -0.39 is 5.60 Å². The first-order valence-corrected chi connectivity index (χ1v) is 6.79. The van der Waals surface area contributed by atoms with E-state index in [0.29, 0.717) is 0 Å². The fraction of sp³-hybridized carbons (Fsp3) is 0.625. The molecule has 0 fully saturated rings. The Hall–Kier alpha value is -0.820. The predicted octanol–water partition coefficient (Wildman–Crippen LogP) is 4.18. The summed E-state index contributed by atoms with van der Waals surface area (Å²) >= 11 is 0. The zero-order valence-corrected chi connectivity index (χ0v) is 11.7. The summed E-state index contributed by atoms with van der Waals surface area (Å²) in [7, 11) is 0. The molecule has 0 bridgehead atoms. The average molecular weight is 234 g/mol. The van der Waals surface area contributed by atoms with Crippen molar-refractivity contribution in [1.29, 1.82) is 0 Å². The molecule has 96 valence electrons. The van der Waals surface area contributed by atoms with E-state index in [4.69, 9.17) is 0 Å². The first-order valence-electron chi connectivity index (χ1n) is 6.79. The van der Waals surface area contributed by atoms with Crippen LogP contribution in [0, 0.1) is 13.8 Å². The van der Waals surface area contributed by atoms with E-state index in [1.165, 1.54) is 16.7 Å². The minimum atomic E-state index is -0.509. The van der Waals surface area contributed by atoms with Crippen LogP contribution in [0.15, 0.2) is 18.2 Å². The van der Waals surface area contributed by atoms with Gasteiger partial charge in [0.05, 0.1) is 5.60 Å². The van der Waals surface area contributed by atoms with E-state index in [9.17, 15) is 5.11 Å². The first-order chi connectivity index (χ1) is 8.00. The van der Waals surface area contributed by atoms with Gasteiger partial charge in [-0.1, -0.05) is 44.9 Å². The van der Waals surface area contributed by atoms with Crippen molar-refractivity contribution in [2.24, 2.45) is 0 Å². The molecule has 1 aromatic carbocycles. The molecule has 1 N–H and O–H groups in total. The minimum absolute atomic E-state index is 0.509. The van der Waals surface area contributed by atoms with Gasteiger partial charge in [-0.05, 0) is 43.4 Å². The standard InChI is InChI=1S/C16H26O/c1-5-9-16(17,10-6-2)12-15-8-7-13(3)14(4)11-15/h7-8,11,17H,5-6,9-10,12H2,1-4H3. The van der Waals surface area contributed by atoms with Gasteiger partial charge in [-0.15, -0.1) is 0 Å². The molecule has 1 nitrogen and oxygen atoms in total. The number of rotatable bonds is 6. The highest BCUT2D eigenvalue weighted by Crippen LogP contribution is 2.25. The topological polar surface area (TPSA) is 20.2 Å². The summed E-state index contributed by atoms with van der Waals surface area (Å²) in [5, 5.41) is 10.6. The molecule has 0 spiro atoms. The third-order valence-electron chi connectivity index (χ3n) is 3.54. The Labute approximate surface area is 106 Å². The maximum Gasteiger partial charge on any atom is 0.0687 e. The maximum atomic E-state index is 10.6. The Morgan fingerprint density at radius 1 is 1.00 bits per heavy atom. The van der Waals surface area contributed by atoms with E-state index in [1.807, 2.05) is 0 Å². The van der Waals surface area contributed by atoms with Crippen molar-refractivity contribution >= 4 is 0 Å². The molecule has 0 aliphatic rings. The van der Waals surface area contributed by atoms with Gasteiger partial charge < -0.3 is 5.11 Å². The van der Waals surface area contributed by atoms with Crippen molar-refractivity contribution in [3.8, 4) is 0 Å². The summed E-state index contributed by atoms with van der Waals surface area (Å²) < 4.78 is 0. The van der Waals surface area contributed by atoms with Crippen LogP contribution in [0.4, 0.5) is 0 Å². The van der Waals surface area contributed by atoms with E-state index in [0.717, 1.165) is 32.1 Å². The Kier molecular flexibility index (Phi) is 5.20. The zero-order chi connectivity index (χ0) is 12.9.